The molecule has 2 rings (SSSR count). The van der Waals surface area contributed by atoms with E-state index in [0.717, 1.165) is 11.3 Å². The Morgan fingerprint density at radius 1 is 1.19 bits per heavy atom. The summed E-state index contributed by atoms with van der Waals surface area (Å²) in [6, 6.07) is 0.777. The minimum Gasteiger partial charge on any atom is -0.314 e. The summed E-state index contributed by atoms with van der Waals surface area (Å²) < 4.78 is 0. The first-order valence-corrected chi connectivity index (χ1v) is 7.84. The van der Waals surface area contributed by atoms with Gasteiger partial charge in [0.25, 0.3) is 0 Å². The zero-order valence-electron chi connectivity index (χ0n) is 10.6. The van der Waals surface area contributed by atoms with Crippen LogP contribution < -0.4 is 5.32 Å². The Balaban J connectivity index is 1.79. The van der Waals surface area contributed by atoms with Gasteiger partial charge in [0, 0.05) is 50.6 Å². The number of thioether (sulfide) groups is 1. The van der Waals surface area contributed by atoms with Gasteiger partial charge in [-0.15, -0.1) is 0 Å². The van der Waals surface area contributed by atoms with Crippen LogP contribution in [0.1, 0.15) is 13.3 Å². The van der Waals surface area contributed by atoms with Crippen LogP contribution in [0.5, 0.6) is 0 Å². The quantitative estimate of drug-likeness (QED) is 0.784. The molecule has 2 fully saturated rings. The SMILES string of the molecule is CCCN1CCN(C2CNCC2SC)CC1. The average Bonchev–Trinajstić information content (AvgIpc) is 2.78. The second-order valence-corrected chi connectivity index (χ2v) is 5.95. The molecular weight excluding hydrogens is 218 g/mol. The van der Waals surface area contributed by atoms with Gasteiger partial charge in [-0.25, -0.2) is 0 Å². The molecule has 0 spiro atoms. The Hall–Kier alpha value is 0.230. The van der Waals surface area contributed by atoms with Crippen LogP contribution in [-0.2, 0) is 0 Å². The number of rotatable bonds is 4. The van der Waals surface area contributed by atoms with Crippen LogP contribution in [0, 0.1) is 0 Å². The van der Waals surface area contributed by atoms with Gasteiger partial charge in [-0.3, -0.25) is 4.90 Å². The maximum Gasteiger partial charge on any atom is 0.0352 e. The molecule has 2 aliphatic rings. The fraction of sp³-hybridized carbons (Fsp3) is 1.00. The van der Waals surface area contributed by atoms with Crippen LogP contribution in [0.15, 0.2) is 0 Å². The summed E-state index contributed by atoms with van der Waals surface area (Å²) in [5, 5.41) is 4.33. The normalized spacial score (nSPS) is 33.4. The summed E-state index contributed by atoms with van der Waals surface area (Å²) >= 11 is 2.03. The molecule has 4 heteroatoms. The molecule has 0 aromatic heterocycles. The van der Waals surface area contributed by atoms with E-state index < -0.39 is 0 Å². The van der Waals surface area contributed by atoms with Gasteiger partial charge in [-0.05, 0) is 19.2 Å². The minimum atomic E-state index is 0.777. The first kappa shape index (κ1) is 12.7. The van der Waals surface area contributed by atoms with Crippen LogP contribution in [0.25, 0.3) is 0 Å². The molecule has 3 nitrogen and oxygen atoms in total. The molecule has 0 amide bonds. The third-order valence-corrected chi connectivity index (χ3v) is 4.93. The maximum absolute atomic E-state index is 3.53. The molecule has 2 heterocycles. The molecule has 1 N–H and O–H groups in total. The molecular formula is C12H25N3S. The highest BCUT2D eigenvalue weighted by molar-refractivity contribution is 7.99. The second-order valence-electron chi connectivity index (χ2n) is 4.88. The van der Waals surface area contributed by atoms with Crippen molar-refractivity contribution >= 4 is 11.8 Å². The third-order valence-electron chi connectivity index (χ3n) is 3.85. The van der Waals surface area contributed by atoms with Crippen molar-refractivity contribution in [2.45, 2.75) is 24.6 Å². The molecule has 0 aliphatic carbocycles. The van der Waals surface area contributed by atoms with E-state index in [1.165, 1.54) is 52.2 Å². The van der Waals surface area contributed by atoms with E-state index in [0.29, 0.717) is 0 Å². The number of nitrogens with one attached hydrogen (secondary N) is 1. The van der Waals surface area contributed by atoms with Crippen molar-refractivity contribution < 1.29 is 0 Å². The molecule has 0 radical (unpaired) electrons. The minimum absolute atomic E-state index is 0.777. The molecule has 0 bridgehead atoms. The molecule has 0 saturated carbocycles. The van der Waals surface area contributed by atoms with Crippen molar-refractivity contribution in [3.05, 3.63) is 0 Å². The smallest absolute Gasteiger partial charge is 0.0352 e. The van der Waals surface area contributed by atoms with E-state index in [4.69, 9.17) is 0 Å². The van der Waals surface area contributed by atoms with Gasteiger partial charge in [0.05, 0.1) is 0 Å². The van der Waals surface area contributed by atoms with E-state index in [1.54, 1.807) is 0 Å². The van der Waals surface area contributed by atoms with Gasteiger partial charge in [-0.2, -0.15) is 11.8 Å². The van der Waals surface area contributed by atoms with Crippen molar-refractivity contribution in [3.63, 3.8) is 0 Å². The van der Waals surface area contributed by atoms with Crippen LogP contribution in [-0.4, -0.2) is 73.2 Å². The second kappa shape index (κ2) is 6.24. The maximum atomic E-state index is 3.53. The summed E-state index contributed by atoms with van der Waals surface area (Å²) in [6.07, 6.45) is 3.54. The van der Waals surface area contributed by atoms with E-state index in [-0.39, 0.29) is 0 Å². The zero-order chi connectivity index (χ0) is 11.4. The highest BCUT2D eigenvalue weighted by atomic mass is 32.2. The van der Waals surface area contributed by atoms with Crippen LogP contribution in [0.3, 0.4) is 0 Å². The Kier molecular flexibility index (Phi) is 4.95. The third kappa shape index (κ3) is 2.92. The lowest BCUT2D eigenvalue weighted by Crippen LogP contribution is -2.53. The van der Waals surface area contributed by atoms with Gasteiger partial charge in [0.2, 0.25) is 0 Å². The van der Waals surface area contributed by atoms with Gasteiger partial charge < -0.3 is 10.2 Å². The lowest BCUT2D eigenvalue weighted by atomic mass is 10.2. The highest BCUT2D eigenvalue weighted by Gasteiger charge is 2.32. The van der Waals surface area contributed by atoms with Gasteiger partial charge >= 0.3 is 0 Å². The molecule has 94 valence electrons. The Morgan fingerprint density at radius 3 is 2.56 bits per heavy atom. The predicted molar refractivity (Wildman–Crippen MR) is 72.3 cm³/mol. The average molecular weight is 243 g/mol. The van der Waals surface area contributed by atoms with Crippen molar-refractivity contribution in [2.24, 2.45) is 0 Å². The number of hydrogen-bond acceptors (Lipinski definition) is 4. The Morgan fingerprint density at radius 2 is 1.94 bits per heavy atom. The topological polar surface area (TPSA) is 18.5 Å². The monoisotopic (exact) mass is 243 g/mol. The first-order valence-electron chi connectivity index (χ1n) is 6.55. The van der Waals surface area contributed by atoms with Gasteiger partial charge in [0.15, 0.2) is 0 Å². The van der Waals surface area contributed by atoms with E-state index >= 15 is 0 Å². The lowest BCUT2D eigenvalue weighted by Gasteiger charge is -2.39. The Labute approximate surface area is 104 Å². The van der Waals surface area contributed by atoms with Gasteiger partial charge in [0.1, 0.15) is 0 Å². The molecule has 2 saturated heterocycles. The van der Waals surface area contributed by atoms with E-state index in [9.17, 15) is 0 Å². The first-order chi connectivity index (χ1) is 7.85. The molecule has 16 heavy (non-hydrogen) atoms. The van der Waals surface area contributed by atoms with Crippen molar-refractivity contribution in [1.82, 2.24) is 15.1 Å². The highest BCUT2D eigenvalue weighted by Crippen LogP contribution is 2.21. The number of piperazine rings is 1. The summed E-state index contributed by atoms with van der Waals surface area (Å²) in [6.45, 7) is 11.0. The lowest BCUT2D eigenvalue weighted by molar-refractivity contribution is 0.104. The summed E-state index contributed by atoms with van der Waals surface area (Å²) in [7, 11) is 0. The van der Waals surface area contributed by atoms with Crippen LogP contribution >= 0.6 is 11.8 Å². The fourth-order valence-electron chi connectivity index (χ4n) is 2.88. The van der Waals surface area contributed by atoms with Crippen molar-refractivity contribution in [2.75, 3.05) is 52.1 Å². The molecule has 0 aromatic carbocycles. The molecule has 0 aromatic rings. The van der Waals surface area contributed by atoms with E-state index in [2.05, 4.69) is 28.3 Å². The largest absolute Gasteiger partial charge is 0.314 e. The number of hydrogen-bond donors (Lipinski definition) is 1. The van der Waals surface area contributed by atoms with Crippen molar-refractivity contribution in [1.29, 1.82) is 0 Å². The Bertz CT molecular complexity index is 204. The van der Waals surface area contributed by atoms with E-state index in [1.807, 2.05) is 11.8 Å². The zero-order valence-corrected chi connectivity index (χ0v) is 11.4. The van der Waals surface area contributed by atoms with Gasteiger partial charge in [-0.1, -0.05) is 6.92 Å². The van der Waals surface area contributed by atoms with Crippen LogP contribution in [0.4, 0.5) is 0 Å². The predicted octanol–water partition coefficient (Wildman–Crippen LogP) is 0.717. The molecule has 2 atom stereocenters. The summed E-state index contributed by atoms with van der Waals surface area (Å²) in [5.74, 6) is 0. The van der Waals surface area contributed by atoms with Crippen LogP contribution in [0.2, 0.25) is 0 Å². The summed E-state index contributed by atoms with van der Waals surface area (Å²) in [4.78, 5) is 5.31. The van der Waals surface area contributed by atoms with Crippen molar-refractivity contribution in [3.8, 4) is 0 Å². The number of nitrogens with zero attached hydrogens (tertiary/aromatic N) is 2. The fourth-order valence-corrected chi connectivity index (χ4v) is 3.75. The molecule has 2 unspecified atom stereocenters. The standard InChI is InChI=1S/C12H25N3S/c1-3-4-14-5-7-15(8-6-14)11-9-13-10-12(11)16-2/h11-13H,3-10H2,1-2H3. The molecule has 2 aliphatic heterocycles. The summed E-state index contributed by atoms with van der Waals surface area (Å²) in [5.41, 5.74) is 0.